The van der Waals surface area contributed by atoms with Gasteiger partial charge in [0, 0.05) is 5.02 Å². The molecule has 0 aliphatic carbocycles. The van der Waals surface area contributed by atoms with Crippen molar-refractivity contribution in [2.75, 3.05) is 10.6 Å². The van der Waals surface area contributed by atoms with Gasteiger partial charge in [-0.1, -0.05) is 23.2 Å². The molecule has 1 aromatic carbocycles. The average Bonchev–Trinajstić information content (AvgIpc) is 2.15. The molecule has 0 saturated heterocycles. The molecule has 8 heteroatoms. The minimum absolute atomic E-state index is 0.217. The molecule has 0 bridgehead atoms. The van der Waals surface area contributed by atoms with Gasteiger partial charge >= 0.3 is 12.1 Å². The highest BCUT2D eigenvalue weighted by Crippen LogP contribution is 2.36. The summed E-state index contributed by atoms with van der Waals surface area (Å²) in [5, 5.41) is 15.9. The molecule has 0 radical (unpaired) electrons. The second-order valence-electron chi connectivity index (χ2n) is 3.13. The Bertz CT molecular complexity index is 492. The summed E-state index contributed by atoms with van der Waals surface area (Å²) in [6, 6.07) is 2.90. The summed E-state index contributed by atoms with van der Waals surface area (Å²) in [5.41, 5.74) is 0.632. The van der Waals surface area contributed by atoms with Crippen LogP contribution in [0.5, 0.6) is 0 Å². The Morgan fingerprint density at radius 2 is 2.06 bits per heavy atom. The molecule has 0 spiro atoms. The Morgan fingerprint density at radius 1 is 1.38 bits per heavy atom. The van der Waals surface area contributed by atoms with Crippen LogP contribution in [-0.4, -0.2) is 17.0 Å². The minimum atomic E-state index is -1.54. The van der Waals surface area contributed by atoms with Gasteiger partial charge in [-0.3, -0.25) is 14.9 Å². The second-order valence-corrected chi connectivity index (χ2v) is 3.98. The third-order valence-corrected chi connectivity index (χ3v) is 2.57. The third-order valence-electron chi connectivity index (χ3n) is 2.05. The molecule has 2 rings (SSSR count). The van der Waals surface area contributed by atoms with Crippen LogP contribution < -0.4 is 10.6 Å². The highest BCUT2D eigenvalue weighted by Gasteiger charge is 2.35. The van der Waals surface area contributed by atoms with Crippen LogP contribution in [0, 0.1) is 10.1 Å². The van der Waals surface area contributed by atoms with Crippen LogP contribution >= 0.6 is 23.2 Å². The van der Waals surface area contributed by atoms with Crippen molar-refractivity contribution in [1.29, 1.82) is 0 Å². The summed E-state index contributed by atoms with van der Waals surface area (Å²) in [4.78, 5) is 21.2. The molecule has 1 heterocycles. The number of amides is 1. The number of nitrogens with one attached hydrogen (secondary N) is 2. The number of halogens is 2. The maximum atomic E-state index is 11.3. The fourth-order valence-corrected chi connectivity index (χ4v) is 1.92. The SMILES string of the molecule is O=C1Nc2cc(Cl)cc(Cl)c2NC1[N+](=O)[O-]. The van der Waals surface area contributed by atoms with Crippen LogP contribution in [0.4, 0.5) is 11.4 Å². The lowest BCUT2D eigenvalue weighted by atomic mass is 10.2. The zero-order chi connectivity index (χ0) is 11.9. The molecule has 0 fully saturated rings. The van der Waals surface area contributed by atoms with E-state index in [2.05, 4.69) is 10.6 Å². The molecule has 1 aliphatic heterocycles. The van der Waals surface area contributed by atoms with Gasteiger partial charge < -0.3 is 10.6 Å². The molecule has 0 saturated carbocycles. The van der Waals surface area contributed by atoms with Crippen LogP contribution in [0.25, 0.3) is 0 Å². The monoisotopic (exact) mass is 261 g/mol. The van der Waals surface area contributed by atoms with Crippen molar-refractivity contribution >= 4 is 40.5 Å². The fourth-order valence-electron chi connectivity index (χ4n) is 1.37. The van der Waals surface area contributed by atoms with Gasteiger partial charge in [-0.2, -0.15) is 0 Å². The first-order valence-electron chi connectivity index (χ1n) is 4.19. The minimum Gasteiger partial charge on any atom is -0.316 e. The molecule has 6 nitrogen and oxygen atoms in total. The number of hydrogen-bond donors (Lipinski definition) is 2. The maximum absolute atomic E-state index is 11.3. The number of nitrogens with zero attached hydrogens (tertiary/aromatic N) is 1. The van der Waals surface area contributed by atoms with E-state index in [4.69, 9.17) is 23.2 Å². The summed E-state index contributed by atoms with van der Waals surface area (Å²) < 4.78 is 0. The number of anilines is 2. The maximum Gasteiger partial charge on any atom is 0.363 e. The quantitative estimate of drug-likeness (QED) is 0.598. The predicted molar refractivity (Wildman–Crippen MR) is 59.5 cm³/mol. The van der Waals surface area contributed by atoms with Crippen molar-refractivity contribution in [3.8, 4) is 0 Å². The zero-order valence-electron chi connectivity index (χ0n) is 7.66. The first-order chi connectivity index (χ1) is 7.49. The summed E-state index contributed by atoms with van der Waals surface area (Å²) in [6.45, 7) is 0. The first kappa shape index (κ1) is 11.0. The van der Waals surface area contributed by atoms with E-state index in [9.17, 15) is 14.9 Å². The molecule has 1 aliphatic rings. The highest BCUT2D eigenvalue weighted by molar-refractivity contribution is 6.37. The predicted octanol–water partition coefficient (Wildman–Crippen LogP) is 1.96. The van der Waals surface area contributed by atoms with Crippen LogP contribution in [0.2, 0.25) is 10.0 Å². The van der Waals surface area contributed by atoms with E-state index in [1.165, 1.54) is 12.1 Å². The Kier molecular flexibility index (Phi) is 2.61. The fraction of sp³-hybridized carbons (Fsp3) is 0.125. The Labute approximate surface area is 99.7 Å². The van der Waals surface area contributed by atoms with Crippen molar-refractivity contribution in [2.24, 2.45) is 0 Å². The van der Waals surface area contributed by atoms with E-state index in [0.717, 1.165) is 0 Å². The Morgan fingerprint density at radius 3 is 2.69 bits per heavy atom. The van der Waals surface area contributed by atoms with Gasteiger partial charge in [0.15, 0.2) is 0 Å². The van der Waals surface area contributed by atoms with Crippen molar-refractivity contribution in [3.05, 3.63) is 32.3 Å². The van der Waals surface area contributed by atoms with Gasteiger partial charge in [0.2, 0.25) is 0 Å². The largest absolute Gasteiger partial charge is 0.363 e. The van der Waals surface area contributed by atoms with Crippen LogP contribution in [0.1, 0.15) is 0 Å². The topological polar surface area (TPSA) is 84.3 Å². The first-order valence-corrected chi connectivity index (χ1v) is 4.94. The van der Waals surface area contributed by atoms with Crippen LogP contribution in [0.3, 0.4) is 0 Å². The molecule has 84 valence electrons. The van der Waals surface area contributed by atoms with Crippen LogP contribution in [-0.2, 0) is 4.79 Å². The summed E-state index contributed by atoms with van der Waals surface area (Å²) >= 11 is 11.6. The van der Waals surface area contributed by atoms with Gasteiger partial charge in [0.25, 0.3) is 0 Å². The lowest BCUT2D eigenvalue weighted by Crippen LogP contribution is -2.44. The Balaban J connectivity index is 2.47. The number of carbonyl (C=O) groups is 1. The van der Waals surface area contributed by atoms with E-state index < -0.39 is 17.0 Å². The smallest absolute Gasteiger partial charge is 0.316 e. The summed E-state index contributed by atoms with van der Waals surface area (Å²) in [5.74, 6) is -0.754. The molecule has 16 heavy (non-hydrogen) atoms. The number of benzene rings is 1. The summed E-state index contributed by atoms with van der Waals surface area (Å²) in [7, 11) is 0. The number of nitro groups is 1. The standard InChI is InChI=1S/C8H5Cl2N3O3/c9-3-1-4(10)6-5(2-3)11-8(14)7(12-6)13(15)16/h1-2,7,12H,(H,11,14). The van der Waals surface area contributed by atoms with Crippen molar-refractivity contribution in [2.45, 2.75) is 6.17 Å². The number of hydrogen-bond acceptors (Lipinski definition) is 4. The van der Waals surface area contributed by atoms with Crippen molar-refractivity contribution < 1.29 is 9.72 Å². The molecule has 1 unspecified atom stereocenters. The van der Waals surface area contributed by atoms with Gasteiger partial charge in [0.05, 0.1) is 21.3 Å². The number of fused-ring (bicyclic) bond motifs is 1. The van der Waals surface area contributed by atoms with Crippen molar-refractivity contribution in [1.82, 2.24) is 0 Å². The highest BCUT2D eigenvalue weighted by atomic mass is 35.5. The average molecular weight is 262 g/mol. The lowest BCUT2D eigenvalue weighted by molar-refractivity contribution is -0.500. The van der Waals surface area contributed by atoms with Gasteiger partial charge in [-0.15, -0.1) is 0 Å². The molecule has 1 amide bonds. The molecule has 1 aromatic rings. The lowest BCUT2D eigenvalue weighted by Gasteiger charge is -2.22. The van der Waals surface area contributed by atoms with Crippen molar-refractivity contribution in [3.63, 3.8) is 0 Å². The zero-order valence-corrected chi connectivity index (χ0v) is 9.17. The number of rotatable bonds is 1. The van der Waals surface area contributed by atoms with E-state index in [-0.39, 0.29) is 5.02 Å². The molecular weight excluding hydrogens is 257 g/mol. The van der Waals surface area contributed by atoms with E-state index in [0.29, 0.717) is 16.4 Å². The number of carbonyl (C=O) groups excluding carboxylic acids is 1. The molecule has 0 aromatic heterocycles. The van der Waals surface area contributed by atoms with Gasteiger partial charge in [-0.25, -0.2) is 0 Å². The summed E-state index contributed by atoms with van der Waals surface area (Å²) in [6.07, 6.45) is -1.54. The van der Waals surface area contributed by atoms with E-state index in [1.54, 1.807) is 0 Å². The molecular formula is C8H5Cl2N3O3. The Hall–Kier alpha value is -1.53. The van der Waals surface area contributed by atoms with E-state index in [1.807, 2.05) is 0 Å². The van der Waals surface area contributed by atoms with Crippen LogP contribution in [0.15, 0.2) is 12.1 Å². The normalized spacial score (nSPS) is 18.4. The third kappa shape index (κ3) is 1.77. The van der Waals surface area contributed by atoms with Gasteiger partial charge in [-0.05, 0) is 12.1 Å². The molecule has 1 atom stereocenters. The van der Waals surface area contributed by atoms with E-state index >= 15 is 0 Å². The second kappa shape index (κ2) is 3.80. The molecule has 2 N–H and O–H groups in total. The van der Waals surface area contributed by atoms with Gasteiger partial charge in [0.1, 0.15) is 0 Å².